The predicted molar refractivity (Wildman–Crippen MR) is 56.1 cm³/mol. The lowest BCUT2D eigenvalue weighted by atomic mass is 10.1. The van der Waals surface area contributed by atoms with Gasteiger partial charge in [-0.15, -0.1) is 0 Å². The molecule has 12 heavy (non-hydrogen) atoms. The molecule has 0 saturated heterocycles. The summed E-state index contributed by atoms with van der Waals surface area (Å²) in [7, 11) is 0. The minimum Gasteiger partial charge on any atom is -0.0655 e. The lowest BCUT2D eigenvalue weighted by Crippen LogP contribution is -1.83. The maximum atomic E-state index is 3.48. The zero-order valence-electron chi connectivity index (χ0n) is 7.10. The quantitative estimate of drug-likeness (QED) is 0.679. The number of allylic oxidation sites excluding steroid dienone is 1. The zero-order valence-corrected chi connectivity index (χ0v) is 8.69. The second kappa shape index (κ2) is 3.06. The van der Waals surface area contributed by atoms with Crippen molar-refractivity contribution in [2.75, 3.05) is 0 Å². The van der Waals surface area contributed by atoms with Crippen LogP contribution in [0, 0.1) is 0 Å². The Hall–Kier alpha value is -0.560. The molecule has 0 spiro atoms. The van der Waals surface area contributed by atoms with Crippen molar-refractivity contribution in [2.24, 2.45) is 0 Å². The summed E-state index contributed by atoms with van der Waals surface area (Å²) in [6, 6.07) is 6.50. The Balaban J connectivity index is 2.40. The maximum absolute atomic E-state index is 3.48. The van der Waals surface area contributed by atoms with Gasteiger partial charge < -0.3 is 0 Å². The van der Waals surface area contributed by atoms with E-state index in [0.717, 1.165) is 6.42 Å². The first kappa shape index (κ1) is 8.06. The molecule has 2 rings (SSSR count). The van der Waals surface area contributed by atoms with E-state index < -0.39 is 0 Å². The molecule has 0 radical (unpaired) electrons. The van der Waals surface area contributed by atoms with Crippen molar-refractivity contribution in [3.05, 3.63) is 39.4 Å². The lowest BCUT2D eigenvalue weighted by molar-refractivity contribution is 1.04. The van der Waals surface area contributed by atoms with Gasteiger partial charge in [0.1, 0.15) is 0 Å². The van der Waals surface area contributed by atoms with Crippen molar-refractivity contribution >= 4 is 22.0 Å². The van der Waals surface area contributed by atoms with Gasteiger partial charge in [-0.2, -0.15) is 0 Å². The first-order chi connectivity index (χ1) is 5.79. The Morgan fingerprint density at radius 1 is 1.42 bits per heavy atom. The first-order valence-electron chi connectivity index (χ1n) is 4.27. The monoisotopic (exact) mass is 222 g/mol. The fraction of sp³-hybridized carbons (Fsp3) is 0.273. The average molecular weight is 223 g/mol. The molecule has 1 aromatic carbocycles. The van der Waals surface area contributed by atoms with E-state index in [2.05, 4.69) is 47.1 Å². The molecular formula is C11H11Br. The Morgan fingerprint density at radius 3 is 3.00 bits per heavy atom. The van der Waals surface area contributed by atoms with E-state index in [-0.39, 0.29) is 0 Å². The highest BCUT2D eigenvalue weighted by Crippen LogP contribution is 2.28. The summed E-state index contributed by atoms with van der Waals surface area (Å²) in [6.45, 7) is 2.22. The van der Waals surface area contributed by atoms with Crippen molar-refractivity contribution < 1.29 is 0 Å². The van der Waals surface area contributed by atoms with Gasteiger partial charge in [0.25, 0.3) is 0 Å². The molecule has 0 aliphatic heterocycles. The number of hydrogen-bond donors (Lipinski definition) is 0. The maximum Gasteiger partial charge on any atom is 0.0178 e. The van der Waals surface area contributed by atoms with Crippen LogP contribution in [0.4, 0.5) is 0 Å². The van der Waals surface area contributed by atoms with E-state index >= 15 is 0 Å². The van der Waals surface area contributed by atoms with Crippen LogP contribution >= 0.6 is 15.9 Å². The summed E-state index contributed by atoms with van der Waals surface area (Å²) >= 11 is 3.48. The average Bonchev–Trinajstić information content (AvgIpc) is 2.46. The van der Waals surface area contributed by atoms with Crippen LogP contribution in [0.25, 0.3) is 6.08 Å². The van der Waals surface area contributed by atoms with Crippen molar-refractivity contribution in [1.82, 2.24) is 0 Å². The third-order valence-corrected chi connectivity index (χ3v) is 2.83. The molecule has 0 saturated carbocycles. The number of rotatable bonds is 1. The van der Waals surface area contributed by atoms with E-state index in [1.165, 1.54) is 22.0 Å². The van der Waals surface area contributed by atoms with Gasteiger partial charge in [0.05, 0.1) is 0 Å². The Morgan fingerprint density at radius 2 is 2.25 bits per heavy atom. The fourth-order valence-electron chi connectivity index (χ4n) is 1.61. The standard InChI is InChI=1S/C11H11Br/c1-2-8-5-9-3-4-11(12)7-10(9)6-8/h3-5,7H,2,6H2,1H3. The summed E-state index contributed by atoms with van der Waals surface area (Å²) in [5, 5.41) is 0. The highest BCUT2D eigenvalue weighted by atomic mass is 79.9. The van der Waals surface area contributed by atoms with Gasteiger partial charge >= 0.3 is 0 Å². The van der Waals surface area contributed by atoms with Crippen LogP contribution in [0.5, 0.6) is 0 Å². The highest BCUT2D eigenvalue weighted by molar-refractivity contribution is 9.10. The van der Waals surface area contributed by atoms with Gasteiger partial charge in [-0.3, -0.25) is 0 Å². The van der Waals surface area contributed by atoms with E-state index in [0.29, 0.717) is 0 Å². The molecule has 62 valence electrons. The molecule has 0 fully saturated rings. The smallest absolute Gasteiger partial charge is 0.0178 e. The Kier molecular flexibility index (Phi) is 2.05. The molecular weight excluding hydrogens is 212 g/mol. The number of benzene rings is 1. The van der Waals surface area contributed by atoms with Gasteiger partial charge in [0.2, 0.25) is 0 Å². The number of fused-ring (bicyclic) bond motifs is 1. The van der Waals surface area contributed by atoms with Crippen LogP contribution in [0.2, 0.25) is 0 Å². The van der Waals surface area contributed by atoms with Crippen molar-refractivity contribution in [3.8, 4) is 0 Å². The molecule has 0 heterocycles. The third-order valence-electron chi connectivity index (χ3n) is 2.34. The zero-order chi connectivity index (χ0) is 8.55. The molecule has 1 aliphatic carbocycles. The summed E-state index contributed by atoms with van der Waals surface area (Å²) in [5.74, 6) is 0. The number of halogens is 1. The second-order valence-electron chi connectivity index (χ2n) is 3.18. The predicted octanol–water partition coefficient (Wildman–Crippen LogP) is 3.80. The van der Waals surface area contributed by atoms with Gasteiger partial charge in [-0.25, -0.2) is 0 Å². The lowest BCUT2D eigenvalue weighted by Gasteiger charge is -1.98. The summed E-state index contributed by atoms with van der Waals surface area (Å²) < 4.78 is 1.19. The van der Waals surface area contributed by atoms with Gasteiger partial charge in [0.15, 0.2) is 0 Å². The Bertz CT molecular complexity index is 337. The molecule has 0 bridgehead atoms. The van der Waals surface area contributed by atoms with Crippen LogP contribution in [0.3, 0.4) is 0 Å². The van der Waals surface area contributed by atoms with Crippen LogP contribution in [-0.2, 0) is 6.42 Å². The minimum atomic E-state index is 1.14. The molecule has 0 nitrogen and oxygen atoms in total. The summed E-state index contributed by atoms with van der Waals surface area (Å²) in [4.78, 5) is 0. The molecule has 1 heteroatoms. The molecule has 1 aliphatic rings. The van der Waals surface area contributed by atoms with Crippen molar-refractivity contribution in [1.29, 1.82) is 0 Å². The summed E-state index contributed by atoms with van der Waals surface area (Å²) in [6.07, 6.45) is 4.62. The molecule has 0 aromatic heterocycles. The molecule has 0 amide bonds. The Labute approximate surface area is 81.4 Å². The van der Waals surface area contributed by atoms with E-state index in [4.69, 9.17) is 0 Å². The van der Waals surface area contributed by atoms with Crippen LogP contribution in [-0.4, -0.2) is 0 Å². The van der Waals surface area contributed by atoms with E-state index in [1.54, 1.807) is 5.57 Å². The largest absolute Gasteiger partial charge is 0.0655 e. The van der Waals surface area contributed by atoms with E-state index in [1.807, 2.05) is 0 Å². The topological polar surface area (TPSA) is 0 Å². The number of hydrogen-bond acceptors (Lipinski definition) is 0. The molecule has 1 aromatic rings. The van der Waals surface area contributed by atoms with Crippen LogP contribution in [0.15, 0.2) is 28.2 Å². The third kappa shape index (κ3) is 1.34. The van der Waals surface area contributed by atoms with Crippen molar-refractivity contribution in [3.63, 3.8) is 0 Å². The SMILES string of the molecule is CCC1=Cc2ccc(Br)cc2C1. The van der Waals surface area contributed by atoms with Crippen LogP contribution in [0.1, 0.15) is 24.5 Å². The fourth-order valence-corrected chi connectivity index (χ4v) is 2.02. The molecule has 0 N–H and O–H groups in total. The second-order valence-corrected chi connectivity index (χ2v) is 4.09. The van der Waals surface area contributed by atoms with Gasteiger partial charge in [-0.1, -0.05) is 40.6 Å². The highest BCUT2D eigenvalue weighted by Gasteiger charge is 2.10. The summed E-state index contributed by atoms with van der Waals surface area (Å²) in [5.41, 5.74) is 4.40. The molecule has 0 atom stereocenters. The first-order valence-corrected chi connectivity index (χ1v) is 5.07. The van der Waals surface area contributed by atoms with Crippen LogP contribution < -0.4 is 0 Å². The van der Waals surface area contributed by atoms with E-state index in [9.17, 15) is 0 Å². The normalized spacial score (nSPS) is 14.3. The molecule has 0 unspecified atom stereocenters. The van der Waals surface area contributed by atoms with Crippen molar-refractivity contribution in [2.45, 2.75) is 19.8 Å². The van der Waals surface area contributed by atoms with Gasteiger partial charge in [-0.05, 0) is 36.1 Å². The van der Waals surface area contributed by atoms with Gasteiger partial charge in [0, 0.05) is 4.47 Å². The minimum absolute atomic E-state index is 1.14.